The van der Waals surface area contributed by atoms with E-state index in [1.807, 2.05) is 38.1 Å². The first-order valence-corrected chi connectivity index (χ1v) is 6.82. The van der Waals surface area contributed by atoms with Gasteiger partial charge in [0.1, 0.15) is 5.75 Å². The molecule has 0 atom stereocenters. The van der Waals surface area contributed by atoms with Crippen molar-refractivity contribution < 1.29 is 19.0 Å². The molecule has 5 nitrogen and oxygen atoms in total. The van der Waals surface area contributed by atoms with E-state index in [0.29, 0.717) is 26.2 Å². The first-order valence-electron chi connectivity index (χ1n) is 6.82. The van der Waals surface area contributed by atoms with Gasteiger partial charge in [-0.05, 0) is 31.5 Å². The molecule has 0 saturated heterocycles. The van der Waals surface area contributed by atoms with Gasteiger partial charge in [-0.2, -0.15) is 0 Å². The Hall–Kier alpha value is -1.59. The zero-order chi connectivity index (χ0) is 14.8. The largest absolute Gasteiger partial charge is 0.497 e. The Morgan fingerprint density at radius 1 is 1.25 bits per heavy atom. The van der Waals surface area contributed by atoms with Crippen LogP contribution in [0.15, 0.2) is 24.3 Å². The molecular formula is C15H23NO4. The van der Waals surface area contributed by atoms with Gasteiger partial charge >= 0.3 is 0 Å². The average molecular weight is 281 g/mol. The topological polar surface area (TPSA) is 56.8 Å². The van der Waals surface area contributed by atoms with Crippen LogP contribution in [0.3, 0.4) is 0 Å². The van der Waals surface area contributed by atoms with E-state index in [0.717, 1.165) is 11.3 Å². The number of nitrogens with one attached hydrogen (secondary N) is 1. The first-order chi connectivity index (χ1) is 9.69. The van der Waals surface area contributed by atoms with Crippen molar-refractivity contribution in [1.29, 1.82) is 0 Å². The monoisotopic (exact) mass is 281 g/mol. The van der Waals surface area contributed by atoms with Crippen LogP contribution in [0.2, 0.25) is 0 Å². The number of carbonyl (C=O) groups excluding carboxylic acids is 1. The van der Waals surface area contributed by atoms with Gasteiger partial charge in [-0.15, -0.1) is 0 Å². The second-order valence-corrected chi connectivity index (χ2v) is 4.17. The van der Waals surface area contributed by atoms with E-state index in [1.54, 1.807) is 7.11 Å². The van der Waals surface area contributed by atoms with E-state index in [4.69, 9.17) is 14.2 Å². The lowest BCUT2D eigenvalue weighted by molar-refractivity contribution is -0.140. The molecule has 0 saturated carbocycles. The molecule has 0 aromatic heterocycles. The number of methoxy groups -OCH3 is 1. The SMILES string of the molecule is CCOC(CNC(=O)Cc1cccc(OC)c1)OCC. The Morgan fingerprint density at radius 2 is 1.95 bits per heavy atom. The fourth-order valence-electron chi connectivity index (χ4n) is 1.77. The van der Waals surface area contributed by atoms with E-state index < -0.39 is 0 Å². The van der Waals surface area contributed by atoms with Gasteiger partial charge in [0.15, 0.2) is 6.29 Å². The summed E-state index contributed by atoms with van der Waals surface area (Å²) in [6, 6.07) is 7.46. The van der Waals surface area contributed by atoms with Gasteiger partial charge < -0.3 is 19.5 Å². The Morgan fingerprint density at radius 3 is 2.55 bits per heavy atom. The molecule has 0 heterocycles. The van der Waals surface area contributed by atoms with Crippen LogP contribution in [-0.2, 0) is 20.7 Å². The number of hydrogen-bond donors (Lipinski definition) is 1. The zero-order valence-electron chi connectivity index (χ0n) is 12.3. The average Bonchev–Trinajstić information content (AvgIpc) is 2.45. The minimum absolute atomic E-state index is 0.0670. The fraction of sp³-hybridized carbons (Fsp3) is 0.533. The number of rotatable bonds is 9. The molecule has 1 N–H and O–H groups in total. The molecule has 0 aliphatic carbocycles. The minimum Gasteiger partial charge on any atom is -0.497 e. The summed E-state index contributed by atoms with van der Waals surface area (Å²) in [5, 5.41) is 2.81. The van der Waals surface area contributed by atoms with Crippen LogP contribution in [0, 0.1) is 0 Å². The predicted octanol–water partition coefficient (Wildman–Crippen LogP) is 1.75. The van der Waals surface area contributed by atoms with Gasteiger partial charge in [-0.25, -0.2) is 0 Å². The Kier molecular flexibility index (Phi) is 7.69. The molecule has 0 bridgehead atoms. The van der Waals surface area contributed by atoms with Crippen molar-refractivity contribution in [3.63, 3.8) is 0 Å². The van der Waals surface area contributed by atoms with Crippen LogP contribution in [0.1, 0.15) is 19.4 Å². The van der Waals surface area contributed by atoms with Crippen molar-refractivity contribution in [2.45, 2.75) is 26.6 Å². The Balaban J connectivity index is 2.42. The summed E-state index contributed by atoms with van der Waals surface area (Å²) >= 11 is 0. The van der Waals surface area contributed by atoms with Crippen molar-refractivity contribution in [1.82, 2.24) is 5.32 Å². The summed E-state index contributed by atoms with van der Waals surface area (Å²) in [7, 11) is 1.61. The third kappa shape index (κ3) is 6.04. The Labute approximate surface area is 120 Å². The molecule has 1 amide bonds. The molecule has 0 unspecified atom stereocenters. The molecule has 1 rings (SSSR count). The molecule has 1 aromatic rings. The number of benzene rings is 1. The van der Waals surface area contributed by atoms with Crippen molar-refractivity contribution >= 4 is 5.91 Å². The highest BCUT2D eigenvalue weighted by atomic mass is 16.7. The Bertz CT molecular complexity index is 403. The highest BCUT2D eigenvalue weighted by molar-refractivity contribution is 5.78. The predicted molar refractivity (Wildman–Crippen MR) is 76.7 cm³/mol. The van der Waals surface area contributed by atoms with E-state index >= 15 is 0 Å². The van der Waals surface area contributed by atoms with E-state index in [2.05, 4.69) is 5.32 Å². The van der Waals surface area contributed by atoms with Crippen LogP contribution < -0.4 is 10.1 Å². The standard InChI is InChI=1S/C15H23NO4/c1-4-19-15(20-5-2)11-16-14(17)10-12-7-6-8-13(9-12)18-3/h6-9,15H,4-5,10-11H2,1-3H3,(H,16,17). The lowest BCUT2D eigenvalue weighted by Crippen LogP contribution is -2.36. The molecule has 0 spiro atoms. The third-order valence-electron chi connectivity index (χ3n) is 2.67. The van der Waals surface area contributed by atoms with Gasteiger partial charge in [0.05, 0.1) is 20.1 Å². The molecule has 5 heteroatoms. The van der Waals surface area contributed by atoms with Crippen molar-refractivity contribution in [2.24, 2.45) is 0 Å². The van der Waals surface area contributed by atoms with E-state index in [-0.39, 0.29) is 12.2 Å². The van der Waals surface area contributed by atoms with Gasteiger partial charge in [0.25, 0.3) is 0 Å². The highest BCUT2D eigenvalue weighted by Gasteiger charge is 2.10. The smallest absolute Gasteiger partial charge is 0.224 e. The lowest BCUT2D eigenvalue weighted by Gasteiger charge is -2.17. The van der Waals surface area contributed by atoms with Gasteiger partial charge in [0.2, 0.25) is 5.91 Å². The molecule has 0 radical (unpaired) electrons. The van der Waals surface area contributed by atoms with Crippen LogP contribution in [0.25, 0.3) is 0 Å². The summed E-state index contributed by atoms with van der Waals surface area (Å²) in [5.74, 6) is 0.680. The van der Waals surface area contributed by atoms with E-state index in [9.17, 15) is 4.79 Å². The van der Waals surface area contributed by atoms with Gasteiger partial charge in [-0.3, -0.25) is 4.79 Å². The first kappa shape index (κ1) is 16.5. The molecule has 20 heavy (non-hydrogen) atoms. The maximum Gasteiger partial charge on any atom is 0.224 e. The normalized spacial score (nSPS) is 10.6. The van der Waals surface area contributed by atoms with Crippen LogP contribution in [0.4, 0.5) is 0 Å². The van der Waals surface area contributed by atoms with Gasteiger partial charge in [0, 0.05) is 13.2 Å². The summed E-state index contributed by atoms with van der Waals surface area (Å²) in [5.41, 5.74) is 0.909. The molecule has 0 aliphatic heterocycles. The summed E-state index contributed by atoms with van der Waals surface area (Å²) in [4.78, 5) is 11.9. The fourth-order valence-corrected chi connectivity index (χ4v) is 1.77. The van der Waals surface area contributed by atoms with Crippen molar-refractivity contribution in [3.8, 4) is 5.75 Å². The maximum absolute atomic E-state index is 11.9. The number of amides is 1. The number of ether oxygens (including phenoxy) is 3. The molecule has 0 fully saturated rings. The zero-order valence-corrected chi connectivity index (χ0v) is 12.3. The molecule has 112 valence electrons. The lowest BCUT2D eigenvalue weighted by atomic mass is 10.1. The number of carbonyl (C=O) groups is 1. The second kappa shape index (κ2) is 9.34. The number of hydrogen-bond acceptors (Lipinski definition) is 4. The van der Waals surface area contributed by atoms with Crippen molar-refractivity contribution in [2.75, 3.05) is 26.9 Å². The van der Waals surface area contributed by atoms with Crippen LogP contribution in [0.5, 0.6) is 5.75 Å². The van der Waals surface area contributed by atoms with Gasteiger partial charge in [-0.1, -0.05) is 12.1 Å². The highest BCUT2D eigenvalue weighted by Crippen LogP contribution is 2.12. The molecule has 1 aromatic carbocycles. The quantitative estimate of drug-likeness (QED) is 0.701. The third-order valence-corrected chi connectivity index (χ3v) is 2.67. The minimum atomic E-state index is -0.390. The molecular weight excluding hydrogens is 258 g/mol. The molecule has 0 aliphatic rings. The summed E-state index contributed by atoms with van der Waals surface area (Å²) in [6.07, 6.45) is -0.0819. The maximum atomic E-state index is 11.9. The van der Waals surface area contributed by atoms with E-state index in [1.165, 1.54) is 0 Å². The summed E-state index contributed by atoms with van der Waals surface area (Å²) in [6.45, 7) is 5.24. The second-order valence-electron chi connectivity index (χ2n) is 4.17. The summed E-state index contributed by atoms with van der Waals surface area (Å²) < 4.78 is 15.9. The van der Waals surface area contributed by atoms with Crippen LogP contribution >= 0.6 is 0 Å². The van der Waals surface area contributed by atoms with Crippen LogP contribution in [-0.4, -0.2) is 39.1 Å². The van der Waals surface area contributed by atoms with Crippen molar-refractivity contribution in [3.05, 3.63) is 29.8 Å².